The van der Waals surface area contributed by atoms with Crippen LogP contribution in [0.5, 0.6) is 0 Å². The van der Waals surface area contributed by atoms with Crippen LogP contribution >= 0.6 is 21.6 Å². The predicted octanol–water partition coefficient (Wildman–Crippen LogP) is 2.07. The Morgan fingerprint density at radius 1 is 1.11 bits per heavy atom. The first-order valence-electron chi connectivity index (χ1n) is 11.9. The number of carbonyl (C=O) groups excluding carboxylic acids is 5. The number of hydrogen-bond acceptors (Lipinski definition) is 8. The van der Waals surface area contributed by atoms with Crippen LogP contribution in [-0.2, 0) is 28.7 Å². The second kappa shape index (κ2) is 14.3. The third kappa shape index (κ3) is 9.03. The van der Waals surface area contributed by atoms with Crippen LogP contribution in [0.2, 0.25) is 0 Å². The van der Waals surface area contributed by atoms with Crippen molar-refractivity contribution >= 4 is 51.1 Å². The van der Waals surface area contributed by atoms with Crippen LogP contribution < -0.4 is 16.0 Å². The first-order chi connectivity index (χ1) is 16.7. The van der Waals surface area contributed by atoms with Crippen LogP contribution in [0.4, 0.5) is 0 Å². The van der Waals surface area contributed by atoms with E-state index >= 15 is 0 Å². The van der Waals surface area contributed by atoms with E-state index in [9.17, 15) is 24.0 Å². The summed E-state index contributed by atoms with van der Waals surface area (Å²) in [5, 5.41) is 8.15. The standard InChI is InChI=1S/C24H35N3O6S2/c1-5-15-11-19(28)18-13-35-34-10-8-7-9-16(12-20(29)25-17(6-2)23(31)26-18)33-24(32)21(14(3)4)27-22(15)30/h5,7,9,14,16-18,21H,6,8,10-13H2,1-4H3,(H,25,29)(H,26,31)(H,27,30)/b9-7+,15-5+. The number of ketones is 1. The Hall–Kier alpha value is -2.27. The molecular weight excluding hydrogens is 490 g/mol. The molecule has 35 heavy (non-hydrogen) atoms. The molecule has 1 fully saturated rings. The fourth-order valence-electron chi connectivity index (χ4n) is 3.54. The van der Waals surface area contributed by atoms with E-state index in [1.165, 1.54) is 16.9 Å². The topological polar surface area (TPSA) is 131 Å². The van der Waals surface area contributed by atoms with Crippen molar-refractivity contribution in [2.75, 3.05) is 11.5 Å². The lowest BCUT2D eigenvalue weighted by Crippen LogP contribution is -2.53. The van der Waals surface area contributed by atoms with Gasteiger partial charge >= 0.3 is 5.97 Å². The molecule has 3 amide bonds. The second-order valence-corrected chi connectivity index (χ2v) is 11.4. The molecule has 0 aromatic heterocycles. The maximum Gasteiger partial charge on any atom is 0.329 e. The molecule has 0 radical (unpaired) electrons. The van der Waals surface area contributed by atoms with E-state index < -0.39 is 47.9 Å². The summed E-state index contributed by atoms with van der Waals surface area (Å²) >= 11 is 0. The molecule has 3 N–H and O–H groups in total. The number of rotatable bonds is 2. The monoisotopic (exact) mass is 525 g/mol. The van der Waals surface area contributed by atoms with Gasteiger partial charge in [0.15, 0.2) is 5.78 Å². The van der Waals surface area contributed by atoms with Crippen LogP contribution in [0.1, 0.15) is 53.4 Å². The molecule has 2 rings (SSSR count). The molecule has 0 aromatic rings. The molecule has 2 aliphatic rings. The summed E-state index contributed by atoms with van der Waals surface area (Å²) in [4.78, 5) is 64.9. The first kappa shape index (κ1) is 29.0. The molecule has 1 saturated heterocycles. The second-order valence-electron chi connectivity index (χ2n) is 8.74. The Bertz CT molecular complexity index is 873. The lowest BCUT2D eigenvalue weighted by atomic mass is 10.0. The van der Waals surface area contributed by atoms with Gasteiger partial charge in [-0.1, -0.05) is 54.5 Å². The zero-order valence-electron chi connectivity index (χ0n) is 20.6. The van der Waals surface area contributed by atoms with Gasteiger partial charge in [-0.05, 0) is 31.8 Å². The van der Waals surface area contributed by atoms with Gasteiger partial charge in [0.1, 0.15) is 18.2 Å². The molecule has 9 nitrogen and oxygen atoms in total. The molecule has 0 spiro atoms. The highest BCUT2D eigenvalue weighted by molar-refractivity contribution is 8.76. The van der Waals surface area contributed by atoms with E-state index in [4.69, 9.17) is 4.74 Å². The van der Waals surface area contributed by atoms with Gasteiger partial charge in [-0.15, -0.1) is 0 Å². The molecule has 2 bridgehead atoms. The number of Topliss-reactive ketones (excluding diaryl/α,β-unsaturated/α-hetero) is 1. The normalized spacial score (nSPS) is 30.2. The molecule has 2 heterocycles. The maximum absolute atomic E-state index is 13.2. The highest BCUT2D eigenvalue weighted by Crippen LogP contribution is 2.24. The maximum atomic E-state index is 13.2. The van der Waals surface area contributed by atoms with E-state index in [2.05, 4.69) is 16.0 Å². The van der Waals surface area contributed by atoms with Gasteiger partial charge in [0, 0.05) is 23.5 Å². The number of ether oxygens (including phenoxy) is 1. The Kier molecular flexibility index (Phi) is 11.9. The Balaban J connectivity index is 2.52. The minimum absolute atomic E-state index is 0.171. The van der Waals surface area contributed by atoms with Crippen molar-refractivity contribution in [3.63, 3.8) is 0 Å². The quantitative estimate of drug-likeness (QED) is 0.216. The minimum atomic E-state index is -0.958. The first-order valence-corrected chi connectivity index (χ1v) is 14.3. The van der Waals surface area contributed by atoms with Crippen LogP contribution in [0.3, 0.4) is 0 Å². The van der Waals surface area contributed by atoms with Crippen molar-refractivity contribution in [2.24, 2.45) is 5.92 Å². The molecular formula is C24H35N3O6S2. The van der Waals surface area contributed by atoms with Crippen LogP contribution in [-0.4, -0.2) is 65.2 Å². The SMILES string of the molecule is C/C=C1\CC(=O)C2CSSCC/C=C/C(CC(=O)NC(CC)C(=O)N2)OC(=O)C(C(C)C)NC1=O. The van der Waals surface area contributed by atoms with Gasteiger partial charge in [-0.25, -0.2) is 4.79 Å². The molecule has 4 atom stereocenters. The Labute approximate surface area is 214 Å². The Morgan fingerprint density at radius 3 is 2.51 bits per heavy atom. The third-order valence-electron chi connectivity index (χ3n) is 5.67. The van der Waals surface area contributed by atoms with E-state index in [1.807, 2.05) is 6.08 Å². The smallest absolute Gasteiger partial charge is 0.329 e. The molecule has 194 valence electrons. The molecule has 11 heteroatoms. The predicted molar refractivity (Wildman–Crippen MR) is 137 cm³/mol. The van der Waals surface area contributed by atoms with Gasteiger partial charge in [0.25, 0.3) is 0 Å². The zero-order chi connectivity index (χ0) is 26.0. The Morgan fingerprint density at radius 2 is 1.86 bits per heavy atom. The summed E-state index contributed by atoms with van der Waals surface area (Å²) in [5.41, 5.74) is 0.207. The fraction of sp³-hybridized carbons (Fsp3) is 0.625. The molecule has 2 aliphatic heterocycles. The van der Waals surface area contributed by atoms with Crippen molar-refractivity contribution in [2.45, 2.75) is 77.6 Å². The number of hydrogen-bond donors (Lipinski definition) is 3. The summed E-state index contributed by atoms with van der Waals surface area (Å²) in [5.74, 6) is -1.69. The van der Waals surface area contributed by atoms with E-state index in [0.717, 1.165) is 5.75 Å². The summed E-state index contributed by atoms with van der Waals surface area (Å²) in [6.45, 7) is 6.95. The summed E-state index contributed by atoms with van der Waals surface area (Å²) in [6.07, 6.45) is 4.81. The highest BCUT2D eigenvalue weighted by Gasteiger charge is 2.32. The van der Waals surface area contributed by atoms with E-state index in [1.54, 1.807) is 44.6 Å². The molecule has 4 unspecified atom stereocenters. The number of allylic oxidation sites excluding steroid dienone is 2. The number of nitrogens with one attached hydrogen (secondary N) is 3. The van der Waals surface area contributed by atoms with Gasteiger partial charge in [-0.3, -0.25) is 19.2 Å². The van der Waals surface area contributed by atoms with Crippen molar-refractivity contribution in [1.29, 1.82) is 0 Å². The summed E-state index contributed by atoms with van der Waals surface area (Å²) in [6, 6.07) is -2.64. The average molecular weight is 526 g/mol. The van der Waals surface area contributed by atoms with Gasteiger partial charge in [0.2, 0.25) is 17.7 Å². The molecule has 0 aromatic carbocycles. The fourth-order valence-corrected chi connectivity index (χ4v) is 5.73. The number of esters is 1. The van der Waals surface area contributed by atoms with E-state index in [0.29, 0.717) is 18.6 Å². The minimum Gasteiger partial charge on any atom is -0.456 e. The third-order valence-corrected chi connectivity index (χ3v) is 8.11. The van der Waals surface area contributed by atoms with Crippen molar-refractivity contribution in [3.05, 3.63) is 23.8 Å². The number of amides is 3. The highest BCUT2D eigenvalue weighted by atomic mass is 33.1. The van der Waals surface area contributed by atoms with Crippen LogP contribution in [0.25, 0.3) is 0 Å². The summed E-state index contributed by atoms with van der Waals surface area (Å²) in [7, 11) is 3.01. The molecule has 0 saturated carbocycles. The lowest BCUT2D eigenvalue weighted by molar-refractivity contribution is -0.153. The number of fused-ring (bicyclic) bond motifs is 7. The van der Waals surface area contributed by atoms with Gasteiger partial charge in [0.05, 0.1) is 12.5 Å². The summed E-state index contributed by atoms with van der Waals surface area (Å²) < 4.78 is 5.64. The van der Waals surface area contributed by atoms with Gasteiger partial charge in [-0.2, -0.15) is 0 Å². The largest absolute Gasteiger partial charge is 0.456 e. The van der Waals surface area contributed by atoms with Gasteiger partial charge < -0.3 is 20.7 Å². The zero-order valence-corrected chi connectivity index (χ0v) is 22.3. The van der Waals surface area contributed by atoms with Crippen LogP contribution in [0, 0.1) is 5.92 Å². The van der Waals surface area contributed by atoms with E-state index in [-0.39, 0.29) is 30.1 Å². The van der Waals surface area contributed by atoms with Crippen LogP contribution in [0.15, 0.2) is 23.8 Å². The lowest BCUT2D eigenvalue weighted by Gasteiger charge is -2.26. The van der Waals surface area contributed by atoms with Crippen molar-refractivity contribution in [1.82, 2.24) is 16.0 Å². The van der Waals surface area contributed by atoms with Crippen molar-refractivity contribution in [3.8, 4) is 0 Å². The average Bonchev–Trinajstić information content (AvgIpc) is 2.81. The molecule has 0 aliphatic carbocycles. The van der Waals surface area contributed by atoms with Crippen molar-refractivity contribution < 1.29 is 28.7 Å². The number of carbonyl (C=O) groups is 5.